The fraction of sp³-hybridized carbons (Fsp3) is 0.167. The number of thiazole rings is 1. The Morgan fingerprint density at radius 2 is 2.30 bits per heavy atom. The number of nitrogens with zero attached hydrogens (tertiary/aromatic N) is 2. The summed E-state index contributed by atoms with van der Waals surface area (Å²) in [6, 6.07) is 3.77. The smallest absolute Gasteiger partial charge is 0.270 e. The van der Waals surface area contributed by atoms with Gasteiger partial charge in [-0.15, -0.1) is 11.3 Å². The Hall–Kier alpha value is -1.99. The van der Waals surface area contributed by atoms with Crippen molar-refractivity contribution in [1.29, 1.82) is 0 Å². The average molecular weight is 312 g/mol. The molecule has 6 nitrogen and oxygen atoms in total. The number of nitro groups is 1. The number of nitrogens with one attached hydrogen (secondary N) is 1. The molecule has 0 aliphatic heterocycles. The summed E-state index contributed by atoms with van der Waals surface area (Å²) in [7, 11) is 0. The number of nitro benzene ring substituents is 1. The number of hydrogen-bond acceptors (Lipinski definition) is 5. The number of carbonyl (C=O) groups excluding carboxylic acids is 1. The number of amides is 1. The molecule has 0 saturated carbocycles. The van der Waals surface area contributed by atoms with Crippen molar-refractivity contribution in [3.05, 3.63) is 55.5 Å². The van der Waals surface area contributed by atoms with E-state index in [2.05, 4.69) is 10.3 Å². The third-order valence-corrected chi connectivity index (χ3v) is 3.52. The van der Waals surface area contributed by atoms with Crippen LogP contribution in [0.2, 0.25) is 5.02 Å². The maximum absolute atomic E-state index is 11.9. The van der Waals surface area contributed by atoms with Gasteiger partial charge in [0.25, 0.3) is 11.6 Å². The number of aromatic nitrogens is 1. The highest BCUT2D eigenvalue weighted by atomic mass is 35.5. The highest BCUT2D eigenvalue weighted by Crippen LogP contribution is 2.21. The van der Waals surface area contributed by atoms with Crippen molar-refractivity contribution in [1.82, 2.24) is 10.3 Å². The van der Waals surface area contributed by atoms with Crippen LogP contribution in [0.3, 0.4) is 0 Å². The molecule has 0 aliphatic rings. The van der Waals surface area contributed by atoms with E-state index in [9.17, 15) is 14.9 Å². The maximum atomic E-state index is 11.9. The molecule has 0 spiro atoms. The summed E-state index contributed by atoms with van der Waals surface area (Å²) in [6.07, 6.45) is 0.599. The molecule has 0 radical (unpaired) electrons. The van der Waals surface area contributed by atoms with Crippen LogP contribution < -0.4 is 5.32 Å². The molecular weight excluding hydrogens is 302 g/mol. The molecule has 2 rings (SSSR count). The molecule has 20 heavy (non-hydrogen) atoms. The molecule has 0 saturated heterocycles. The van der Waals surface area contributed by atoms with Crippen LogP contribution in [0.1, 0.15) is 16.1 Å². The first-order valence-corrected chi connectivity index (χ1v) is 6.99. The van der Waals surface area contributed by atoms with Crippen LogP contribution in [-0.2, 0) is 6.42 Å². The zero-order valence-corrected chi connectivity index (χ0v) is 11.8. The van der Waals surface area contributed by atoms with Gasteiger partial charge in [-0.2, -0.15) is 0 Å². The maximum Gasteiger partial charge on any atom is 0.270 e. The second kappa shape index (κ2) is 6.44. The number of benzene rings is 1. The van der Waals surface area contributed by atoms with E-state index in [1.807, 2.05) is 5.38 Å². The van der Waals surface area contributed by atoms with Gasteiger partial charge in [-0.05, 0) is 6.07 Å². The van der Waals surface area contributed by atoms with Gasteiger partial charge in [-0.3, -0.25) is 14.9 Å². The van der Waals surface area contributed by atoms with Crippen molar-refractivity contribution in [3.63, 3.8) is 0 Å². The molecule has 1 aromatic carbocycles. The molecule has 8 heteroatoms. The molecule has 0 fully saturated rings. The first kappa shape index (κ1) is 14.4. The van der Waals surface area contributed by atoms with E-state index in [1.54, 1.807) is 5.51 Å². The quantitative estimate of drug-likeness (QED) is 0.679. The number of rotatable bonds is 5. The molecule has 1 amide bonds. The van der Waals surface area contributed by atoms with E-state index in [0.29, 0.717) is 13.0 Å². The van der Waals surface area contributed by atoms with Crippen LogP contribution in [0.4, 0.5) is 5.69 Å². The summed E-state index contributed by atoms with van der Waals surface area (Å²) in [4.78, 5) is 26.1. The average Bonchev–Trinajstić information content (AvgIpc) is 2.92. The molecular formula is C12H10ClN3O3S. The van der Waals surface area contributed by atoms with Gasteiger partial charge in [0.1, 0.15) is 0 Å². The second-order valence-electron chi connectivity index (χ2n) is 3.91. The fourth-order valence-electron chi connectivity index (χ4n) is 1.56. The lowest BCUT2D eigenvalue weighted by molar-refractivity contribution is -0.384. The van der Waals surface area contributed by atoms with E-state index >= 15 is 0 Å². The Morgan fingerprint density at radius 1 is 1.50 bits per heavy atom. The van der Waals surface area contributed by atoms with Crippen LogP contribution in [0.25, 0.3) is 0 Å². The van der Waals surface area contributed by atoms with Gasteiger partial charge in [0.05, 0.1) is 26.7 Å². The number of halogens is 1. The van der Waals surface area contributed by atoms with E-state index in [0.717, 1.165) is 5.69 Å². The Labute approximate surface area is 123 Å². The molecule has 0 bridgehead atoms. The monoisotopic (exact) mass is 311 g/mol. The van der Waals surface area contributed by atoms with E-state index in [1.165, 1.54) is 29.5 Å². The van der Waals surface area contributed by atoms with Crippen molar-refractivity contribution >= 4 is 34.5 Å². The largest absolute Gasteiger partial charge is 0.352 e. The summed E-state index contributed by atoms with van der Waals surface area (Å²) in [5.41, 5.74) is 2.54. The van der Waals surface area contributed by atoms with Crippen LogP contribution in [0.5, 0.6) is 0 Å². The zero-order valence-electron chi connectivity index (χ0n) is 10.2. The van der Waals surface area contributed by atoms with Crippen molar-refractivity contribution in [3.8, 4) is 0 Å². The molecule has 2 aromatic rings. The van der Waals surface area contributed by atoms with Crippen molar-refractivity contribution < 1.29 is 9.72 Å². The molecule has 1 aromatic heterocycles. The lowest BCUT2D eigenvalue weighted by Gasteiger charge is -2.05. The van der Waals surface area contributed by atoms with Gasteiger partial charge in [0, 0.05) is 30.5 Å². The SMILES string of the molecule is O=C(NCCc1cscn1)c1cc([N+](=O)[O-])ccc1Cl. The van der Waals surface area contributed by atoms with Gasteiger partial charge < -0.3 is 5.32 Å². The second-order valence-corrected chi connectivity index (χ2v) is 5.03. The van der Waals surface area contributed by atoms with Gasteiger partial charge in [-0.25, -0.2) is 4.98 Å². The van der Waals surface area contributed by atoms with E-state index < -0.39 is 10.8 Å². The lowest BCUT2D eigenvalue weighted by Crippen LogP contribution is -2.26. The van der Waals surface area contributed by atoms with Gasteiger partial charge in [0.15, 0.2) is 0 Å². The molecule has 1 N–H and O–H groups in total. The minimum Gasteiger partial charge on any atom is -0.352 e. The normalized spacial score (nSPS) is 10.2. The lowest BCUT2D eigenvalue weighted by atomic mass is 10.2. The van der Waals surface area contributed by atoms with Crippen molar-refractivity contribution in [2.24, 2.45) is 0 Å². The molecule has 104 valence electrons. The highest BCUT2D eigenvalue weighted by molar-refractivity contribution is 7.07. The molecule has 0 unspecified atom stereocenters. The first-order valence-electron chi connectivity index (χ1n) is 5.67. The van der Waals surface area contributed by atoms with E-state index in [4.69, 9.17) is 11.6 Å². The zero-order chi connectivity index (χ0) is 14.5. The first-order chi connectivity index (χ1) is 9.58. The van der Waals surface area contributed by atoms with Crippen molar-refractivity contribution in [2.45, 2.75) is 6.42 Å². The number of non-ortho nitro benzene ring substituents is 1. The van der Waals surface area contributed by atoms with Crippen LogP contribution in [-0.4, -0.2) is 22.4 Å². The fourth-order valence-corrected chi connectivity index (χ4v) is 2.36. The molecule has 0 atom stereocenters. The molecule has 1 heterocycles. The van der Waals surface area contributed by atoms with Gasteiger partial charge in [0.2, 0.25) is 0 Å². The Kier molecular flexibility index (Phi) is 4.65. The topological polar surface area (TPSA) is 85.1 Å². The molecule has 0 aliphatic carbocycles. The summed E-state index contributed by atoms with van der Waals surface area (Å²) < 4.78 is 0. The van der Waals surface area contributed by atoms with Crippen molar-refractivity contribution in [2.75, 3.05) is 6.54 Å². The minimum atomic E-state index is -0.567. The van der Waals surface area contributed by atoms with Crippen LogP contribution in [0.15, 0.2) is 29.1 Å². The highest BCUT2D eigenvalue weighted by Gasteiger charge is 2.15. The Balaban J connectivity index is 2.01. The summed E-state index contributed by atoms with van der Waals surface area (Å²) in [5.74, 6) is -0.436. The van der Waals surface area contributed by atoms with E-state index in [-0.39, 0.29) is 16.3 Å². The predicted octanol–water partition coefficient (Wildman–Crippen LogP) is 2.68. The van der Waals surface area contributed by atoms with Crippen LogP contribution in [0, 0.1) is 10.1 Å². The standard InChI is InChI=1S/C12H10ClN3O3S/c13-11-2-1-9(16(18)19)5-10(11)12(17)14-4-3-8-6-20-7-15-8/h1-2,5-7H,3-4H2,(H,14,17). The third kappa shape index (κ3) is 3.52. The minimum absolute atomic E-state index is 0.0964. The Morgan fingerprint density at radius 3 is 2.95 bits per heavy atom. The predicted molar refractivity (Wildman–Crippen MR) is 76.3 cm³/mol. The summed E-state index contributed by atoms with van der Waals surface area (Å²) >= 11 is 7.36. The van der Waals surface area contributed by atoms with Gasteiger partial charge >= 0.3 is 0 Å². The summed E-state index contributed by atoms with van der Waals surface area (Å²) in [6.45, 7) is 0.390. The van der Waals surface area contributed by atoms with Crippen LogP contribution >= 0.6 is 22.9 Å². The number of carbonyl (C=O) groups is 1. The van der Waals surface area contributed by atoms with Gasteiger partial charge in [-0.1, -0.05) is 11.6 Å². The number of hydrogen-bond donors (Lipinski definition) is 1. The summed E-state index contributed by atoms with van der Waals surface area (Å²) in [5, 5.41) is 15.4. The Bertz CT molecular complexity index is 631. The third-order valence-electron chi connectivity index (χ3n) is 2.56.